The number of nitrogens with one attached hydrogen (secondary N) is 1. The van der Waals surface area contributed by atoms with Crippen LogP contribution >= 0.6 is 24.0 Å². The molecular weight excluding hydrogens is 507 g/mol. The Labute approximate surface area is 204 Å². The Kier molecular flexibility index (Phi) is 10.6. The third-order valence-corrected chi connectivity index (χ3v) is 6.56. The van der Waals surface area contributed by atoms with Gasteiger partial charge in [-0.15, -0.1) is 24.0 Å². The smallest absolute Gasteiger partial charge is 0.231 e. The predicted octanol–water partition coefficient (Wildman–Crippen LogP) is 3.31. The quantitative estimate of drug-likeness (QED) is 0.282. The first-order valence-electron chi connectivity index (χ1n) is 11.4. The molecule has 0 saturated carbocycles. The fourth-order valence-corrected chi connectivity index (χ4v) is 4.23. The van der Waals surface area contributed by atoms with Gasteiger partial charge in [0.05, 0.1) is 0 Å². The Morgan fingerprint density at radius 3 is 2.45 bits per heavy atom. The Hall–Kier alpha value is -1.26. The molecule has 1 saturated heterocycles. The highest BCUT2D eigenvalue weighted by molar-refractivity contribution is 14.0. The van der Waals surface area contributed by atoms with Crippen LogP contribution in [-0.4, -0.2) is 73.5 Å². The molecule has 7 nitrogen and oxygen atoms in total. The number of rotatable bonds is 9. The van der Waals surface area contributed by atoms with Crippen molar-refractivity contribution in [1.29, 1.82) is 0 Å². The first-order chi connectivity index (χ1) is 14.6. The molecule has 1 aromatic carbocycles. The maximum absolute atomic E-state index is 9.49. The summed E-state index contributed by atoms with van der Waals surface area (Å²) in [7, 11) is 0. The van der Waals surface area contributed by atoms with Crippen LogP contribution in [0.15, 0.2) is 23.2 Å². The average Bonchev–Trinajstić information content (AvgIpc) is 3.24. The van der Waals surface area contributed by atoms with Gasteiger partial charge in [0.2, 0.25) is 6.79 Å². The van der Waals surface area contributed by atoms with Gasteiger partial charge in [-0.3, -0.25) is 9.89 Å². The zero-order valence-corrected chi connectivity index (χ0v) is 21.6. The predicted molar refractivity (Wildman–Crippen MR) is 136 cm³/mol. The molecule has 2 heterocycles. The van der Waals surface area contributed by atoms with E-state index in [-0.39, 0.29) is 36.0 Å². The van der Waals surface area contributed by atoms with Crippen LogP contribution in [0.4, 0.5) is 0 Å². The minimum absolute atomic E-state index is 0. The van der Waals surface area contributed by atoms with Crippen molar-refractivity contribution in [3.05, 3.63) is 23.8 Å². The number of aliphatic hydroxyl groups excluding tert-OH is 1. The van der Waals surface area contributed by atoms with Crippen LogP contribution in [0.5, 0.6) is 11.5 Å². The Morgan fingerprint density at radius 2 is 1.81 bits per heavy atom. The van der Waals surface area contributed by atoms with Gasteiger partial charge in [0.1, 0.15) is 0 Å². The standard InChI is InChI=1S/C23H38N4O3.HI/c1-4-23(5-2,9-14-28)17-25-22(24-6-3)27-12-10-26(11-13-27)16-19-7-8-20-21(15-19)30-18-29-20;/h7-8,15,28H,4-6,9-14,16-18H2,1-3H3,(H,24,25);1H. The maximum Gasteiger partial charge on any atom is 0.231 e. The number of hydrogen-bond acceptors (Lipinski definition) is 5. The van der Waals surface area contributed by atoms with Gasteiger partial charge in [-0.05, 0) is 49.3 Å². The number of hydrogen-bond donors (Lipinski definition) is 2. The molecule has 8 heteroatoms. The lowest BCUT2D eigenvalue weighted by Gasteiger charge is -2.37. The number of halogens is 1. The van der Waals surface area contributed by atoms with Gasteiger partial charge < -0.3 is 24.8 Å². The van der Waals surface area contributed by atoms with Gasteiger partial charge in [-0.1, -0.05) is 19.9 Å². The summed E-state index contributed by atoms with van der Waals surface area (Å²) in [6.07, 6.45) is 2.89. The molecule has 0 aliphatic carbocycles. The van der Waals surface area contributed by atoms with E-state index in [2.05, 4.69) is 48.0 Å². The highest BCUT2D eigenvalue weighted by Gasteiger charge is 2.27. The van der Waals surface area contributed by atoms with E-state index in [4.69, 9.17) is 14.5 Å². The second-order valence-electron chi connectivity index (χ2n) is 8.30. The summed E-state index contributed by atoms with van der Waals surface area (Å²) in [5.74, 6) is 2.70. The van der Waals surface area contributed by atoms with Crippen molar-refractivity contribution < 1.29 is 14.6 Å². The molecule has 0 aromatic heterocycles. The highest BCUT2D eigenvalue weighted by atomic mass is 127. The summed E-state index contributed by atoms with van der Waals surface area (Å²) in [6, 6.07) is 6.22. The van der Waals surface area contributed by atoms with Gasteiger partial charge in [0.15, 0.2) is 17.5 Å². The zero-order chi connectivity index (χ0) is 21.4. The van der Waals surface area contributed by atoms with Crippen LogP contribution in [0.2, 0.25) is 0 Å². The summed E-state index contributed by atoms with van der Waals surface area (Å²) in [6.45, 7) is 13.5. The summed E-state index contributed by atoms with van der Waals surface area (Å²) in [4.78, 5) is 9.84. The average molecular weight is 546 g/mol. The topological polar surface area (TPSA) is 69.6 Å². The minimum atomic E-state index is 0. The number of aliphatic hydroxyl groups is 1. The van der Waals surface area contributed by atoms with Crippen LogP contribution in [0.3, 0.4) is 0 Å². The van der Waals surface area contributed by atoms with Crippen molar-refractivity contribution in [3.8, 4) is 11.5 Å². The van der Waals surface area contributed by atoms with E-state index < -0.39 is 0 Å². The molecule has 0 bridgehead atoms. The van der Waals surface area contributed by atoms with Crippen molar-refractivity contribution in [1.82, 2.24) is 15.1 Å². The lowest BCUT2D eigenvalue weighted by Crippen LogP contribution is -2.52. The molecule has 0 spiro atoms. The summed E-state index contributed by atoms with van der Waals surface area (Å²) >= 11 is 0. The molecule has 2 aliphatic rings. The van der Waals surface area contributed by atoms with Gasteiger partial charge in [-0.25, -0.2) is 0 Å². The molecule has 1 fully saturated rings. The summed E-state index contributed by atoms with van der Waals surface area (Å²) in [5, 5.41) is 13.0. The Bertz CT molecular complexity index is 704. The fourth-order valence-electron chi connectivity index (χ4n) is 4.23. The Balaban J connectivity index is 0.00000341. The Morgan fingerprint density at radius 1 is 1.10 bits per heavy atom. The molecule has 0 amide bonds. The fraction of sp³-hybridized carbons (Fsp3) is 0.696. The molecule has 31 heavy (non-hydrogen) atoms. The van der Waals surface area contributed by atoms with Gasteiger partial charge >= 0.3 is 0 Å². The monoisotopic (exact) mass is 546 g/mol. The van der Waals surface area contributed by atoms with E-state index in [1.165, 1.54) is 5.56 Å². The van der Waals surface area contributed by atoms with E-state index in [1.807, 2.05) is 6.07 Å². The number of nitrogens with zero attached hydrogens (tertiary/aromatic N) is 3. The minimum Gasteiger partial charge on any atom is -0.454 e. The second-order valence-corrected chi connectivity index (χ2v) is 8.30. The van der Waals surface area contributed by atoms with E-state index in [0.29, 0.717) is 6.79 Å². The third kappa shape index (κ3) is 6.86. The van der Waals surface area contributed by atoms with Crippen LogP contribution < -0.4 is 14.8 Å². The zero-order valence-electron chi connectivity index (χ0n) is 19.2. The summed E-state index contributed by atoms with van der Waals surface area (Å²) < 4.78 is 10.9. The van der Waals surface area contributed by atoms with Gasteiger partial charge in [0.25, 0.3) is 0 Å². The molecule has 2 N–H and O–H groups in total. The van der Waals surface area contributed by atoms with E-state index in [9.17, 15) is 5.11 Å². The maximum atomic E-state index is 9.49. The first-order valence-corrected chi connectivity index (χ1v) is 11.4. The van der Waals surface area contributed by atoms with Crippen LogP contribution in [0.1, 0.15) is 45.6 Å². The van der Waals surface area contributed by atoms with E-state index in [1.54, 1.807) is 0 Å². The van der Waals surface area contributed by atoms with Crippen molar-refractivity contribution in [3.63, 3.8) is 0 Å². The molecular formula is C23H39IN4O3. The van der Waals surface area contributed by atoms with Crippen molar-refractivity contribution in [2.24, 2.45) is 10.4 Å². The largest absolute Gasteiger partial charge is 0.454 e. The van der Waals surface area contributed by atoms with Crippen LogP contribution in [0.25, 0.3) is 0 Å². The number of aliphatic imine (C=N–C) groups is 1. The molecule has 0 atom stereocenters. The van der Waals surface area contributed by atoms with Crippen LogP contribution in [0, 0.1) is 5.41 Å². The number of benzene rings is 1. The van der Waals surface area contributed by atoms with Crippen LogP contribution in [-0.2, 0) is 6.54 Å². The van der Waals surface area contributed by atoms with Crippen molar-refractivity contribution in [2.75, 3.05) is 52.7 Å². The normalized spacial score (nSPS) is 16.9. The van der Waals surface area contributed by atoms with Crippen molar-refractivity contribution >= 4 is 29.9 Å². The molecule has 176 valence electrons. The molecule has 3 rings (SSSR count). The molecule has 2 aliphatic heterocycles. The first kappa shape index (κ1) is 26.0. The number of piperazine rings is 1. The molecule has 1 aromatic rings. The SMILES string of the molecule is CCNC(=NCC(CC)(CC)CCO)N1CCN(Cc2ccc3c(c2)OCO3)CC1.I. The lowest BCUT2D eigenvalue weighted by molar-refractivity contribution is 0.166. The summed E-state index contributed by atoms with van der Waals surface area (Å²) in [5.41, 5.74) is 1.35. The second kappa shape index (κ2) is 12.7. The van der Waals surface area contributed by atoms with Gasteiger partial charge in [-0.2, -0.15) is 0 Å². The third-order valence-electron chi connectivity index (χ3n) is 6.56. The number of fused-ring (bicyclic) bond motifs is 1. The van der Waals surface area contributed by atoms with Crippen molar-refractivity contribution in [2.45, 2.75) is 46.6 Å². The molecule has 0 radical (unpaired) electrons. The lowest BCUT2D eigenvalue weighted by atomic mass is 9.79. The molecule has 0 unspecified atom stereocenters. The van der Waals surface area contributed by atoms with E-state index >= 15 is 0 Å². The van der Waals surface area contributed by atoms with E-state index in [0.717, 1.165) is 82.5 Å². The number of ether oxygens (including phenoxy) is 2. The number of guanidine groups is 1. The van der Waals surface area contributed by atoms with Gasteiger partial charge in [0, 0.05) is 52.4 Å². The highest BCUT2D eigenvalue weighted by Crippen LogP contribution is 2.33.